The molecule has 4 aromatic rings. The second kappa shape index (κ2) is 15.0. The van der Waals surface area contributed by atoms with Crippen molar-refractivity contribution in [1.82, 2.24) is 0 Å². The van der Waals surface area contributed by atoms with Crippen molar-refractivity contribution >= 4 is 23.3 Å². The molecular formula is C44H52N2O7. The number of hydrogen-bond donors (Lipinski definition) is 2. The molecule has 0 aromatic heterocycles. The van der Waals surface area contributed by atoms with E-state index in [4.69, 9.17) is 19.0 Å². The summed E-state index contributed by atoms with van der Waals surface area (Å²) in [5, 5.41) is 18.2. The van der Waals surface area contributed by atoms with E-state index in [1.807, 2.05) is 112 Å². The van der Waals surface area contributed by atoms with Crippen LogP contribution in [0.3, 0.4) is 0 Å². The molecule has 2 N–H and O–H groups in total. The number of hydrogen-bond acceptors (Lipinski definition) is 8. The molecule has 0 aliphatic carbocycles. The highest BCUT2D eigenvalue weighted by Crippen LogP contribution is 2.44. The number of ether oxygens (including phenoxy) is 3. The van der Waals surface area contributed by atoms with Gasteiger partial charge in [0.05, 0.1) is 5.71 Å². The van der Waals surface area contributed by atoms with Crippen LogP contribution in [0.2, 0.25) is 0 Å². The minimum absolute atomic E-state index is 0.141. The molecule has 0 radical (unpaired) electrons. The molecule has 280 valence electrons. The van der Waals surface area contributed by atoms with Gasteiger partial charge in [-0.1, -0.05) is 77.0 Å². The standard InChI is InChI=1S/C44H52N2O7/c1-26-27(2)40-37(28(3)39(26)52-29(4)47)36(46-51-24-30-15-13-12-14-16-30)23-44(11,53-40)25-50-33-19-17-31(18-20-33)45-41(49)38-34(42(5,6)7)21-32(48)22-35(38)43(8,9)10/h12-22,48H,23-25H2,1-11H3,(H,45,49)/b46-36-. The van der Waals surface area contributed by atoms with Gasteiger partial charge in [-0.15, -0.1) is 0 Å². The fraction of sp³-hybridized carbons (Fsp3) is 0.386. The number of nitrogens with one attached hydrogen (secondary N) is 1. The van der Waals surface area contributed by atoms with Gasteiger partial charge < -0.3 is 29.5 Å². The number of aromatic hydroxyl groups is 1. The SMILES string of the molecule is CC(=O)Oc1c(C)c(C)c2c(c1C)/C(=N\OCc1ccccc1)CC(C)(COc1ccc(NC(=O)c3c(C(C)(C)C)cc(O)cc3C(C)(C)C)cc1)O2. The van der Waals surface area contributed by atoms with Crippen LogP contribution in [0.15, 0.2) is 71.9 Å². The average molecular weight is 721 g/mol. The van der Waals surface area contributed by atoms with Crippen molar-refractivity contribution in [2.45, 2.75) is 106 Å². The molecule has 0 spiro atoms. The van der Waals surface area contributed by atoms with E-state index in [1.165, 1.54) is 6.92 Å². The summed E-state index contributed by atoms with van der Waals surface area (Å²) < 4.78 is 18.7. The Hall–Kier alpha value is -5.31. The smallest absolute Gasteiger partial charge is 0.308 e. The maximum absolute atomic E-state index is 13.9. The van der Waals surface area contributed by atoms with Gasteiger partial charge in [-0.25, -0.2) is 0 Å². The number of amides is 1. The lowest BCUT2D eigenvalue weighted by Gasteiger charge is -2.38. The largest absolute Gasteiger partial charge is 0.508 e. The number of anilines is 1. The summed E-state index contributed by atoms with van der Waals surface area (Å²) in [5.41, 5.74) is 5.94. The summed E-state index contributed by atoms with van der Waals surface area (Å²) in [7, 11) is 0. The summed E-state index contributed by atoms with van der Waals surface area (Å²) in [6.45, 7) is 21.8. The fourth-order valence-electron chi connectivity index (χ4n) is 6.63. The number of benzene rings is 4. The normalized spacial score (nSPS) is 16.4. The lowest BCUT2D eigenvalue weighted by molar-refractivity contribution is -0.132. The minimum Gasteiger partial charge on any atom is -0.508 e. The molecule has 1 unspecified atom stereocenters. The van der Waals surface area contributed by atoms with E-state index >= 15 is 0 Å². The molecule has 0 saturated carbocycles. The van der Waals surface area contributed by atoms with E-state index in [1.54, 1.807) is 24.3 Å². The predicted octanol–water partition coefficient (Wildman–Crippen LogP) is 9.63. The molecule has 9 nitrogen and oxygen atoms in total. The third kappa shape index (κ3) is 8.84. The zero-order chi connectivity index (χ0) is 38.9. The van der Waals surface area contributed by atoms with E-state index in [0.717, 1.165) is 38.9 Å². The number of phenolic OH excluding ortho intramolecular Hbond substituents is 1. The summed E-state index contributed by atoms with van der Waals surface area (Å²) in [5.74, 6) is 1.24. The van der Waals surface area contributed by atoms with Crippen LogP contribution in [0.4, 0.5) is 5.69 Å². The number of phenols is 1. The molecule has 0 saturated heterocycles. The van der Waals surface area contributed by atoms with E-state index in [9.17, 15) is 14.7 Å². The second-order valence-electron chi connectivity index (χ2n) is 16.2. The van der Waals surface area contributed by atoms with Crippen molar-refractivity contribution < 1.29 is 33.7 Å². The highest BCUT2D eigenvalue weighted by molar-refractivity contribution is 6.07. The summed E-state index contributed by atoms with van der Waals surface area (Å²) >= 11 is 0. The monoisotopic (exact) mass is 720 g/mol. The molecule has 1 aliphatic rings. The van der Waals surface area contributed by atoms with Gasteiger partial charge in [-0.3, -0.25) is 9.59 Å². The Morgan fingerprint density at radius 2 is 1.49 bits per heavy atom. The quantitative estimate of drug-likeness (QED) is 0.101. The third-order valence-corrected chi connectivity index (χ3v) is 9.48. The molecule has 4 aromatic carbocycles. The Morgan fingerprint density at radius 3 is 2.06 bits per heavy atom. The Morgan fingerprint density at radius 1 is 0.887 bits per heavy atom. The van der Waals surface area contributed by atoms with Gasteiger partial charge in [0.1, 0.15) is 41.8 Å². The first-order valence-corrected chi connectivity index (χ1v) is 17.9. The Kier molecular flexibility index (Phi) is 11.0. The van der Waals surface area contributed by atoms with Crippen LogP contribution in [-0.4, -0.2) is 34.9 Å². The lowest BCUT2D eigenvalue weighted by Crippen LogP contribution is -2.45. The highest BCUT2D eigenvalue weighted by Gasteiger charge is 2.40. The van der Waals surface area contributed by atoms with Gasteiger partial charge in [0.25, 0.3) is 5.91 Å². The summed E-state index contributed by atoms with van der Waals surface area (Å²) in [4.78, 5) is 31.8. The molecule has 1 aliphatic heterocycles. The topological polar surface area (TPSA) is 116 Å². The predicted molar refractivity (Wildman–Crippen MR) is 209 cm³/mol. The van der Waals surface area contributed by atoms with Crippen LogP contribution < -0.4 is 19.5 Å². The minimum atomic E-state index is -0.826. The second-order valence-corrected chi connectivity index (χ2v) is 16.2. The Bertz CT molecular complexity index is 2000. The van der Waals surface area contributed by atoms with E-state index in [0.29, 0.717) is 47.2 Å². The number of esters is 1. The Balaban J connectivity index is 1.38. The zero-order valence-electron chi connectivity index (χ0n) is 32.8. The van der Waals surface area contributed by atoms with Crippen LogP contribution in [0.5, 0.6) is 23.0 Å². The molecule has 53 heavy (non-hydrogen) atoms. The molecule has 1 amide bonds. The number of fused-ring (bicyclic) bond motifs is 1. The molecular weight excluding hydrogens is 668 g/mol. The van der Waals surface area contributed by atoms with Crippen LogP contribution in [0.25, 0.3) is 0 Å². The first kappa shape index (κ1) is 38.9. The third-order valence-electron chi connectivity index (χ3n) is 9.48. The van der Waals surface area contributed by atoms with Gasteiger partial charge in [-0.2, -0.15) is 0 Å². The first-order chi connectivity index (χ1) is 24.8. The molecule has 1 heterocycles. The van der Waals surface area contributed by atoms with Crippen LogP contribution in [0, 0.1) is 20.8 Å². The van der Waals surface area contributed by atoms with Crippen molar-refractivity contribution in [3.8, 4) is 23.0 Å². The van der Waals surface area contributed by atoms with Gasteiger partial charge >= 0.3 is 5.97 Å². The van der Waals surface area contributed by atoms with Crippen LogP contribution in [-0.2, 0) is 27.1 Å². The molecule has 0 fully saturated rings. The molecule has 1 atom stereocenters. The number of carbonyl (C=O) groups is 2. The van der Waals surface area contributed by atoms with Crippen LogP contribution in [0.1, 0.15) is 111 Å². The molecule has 9 heteroatoms. The summed E-state index contributed by atoms with van der Waals surface area (Å²) in [6.07, 6.45) is 0.366. The van der Waals surface area contributed by atoms with E-state index in [-0.39, 0.29) is 29.1 Å². The Labute approximate surface area is 313 Å². The van der Waals surface area contributed by atoms with Crippen molar-refractivity contribution in [2.24, 2.45) is 5.16 Å². The van der Waals surface area contributed by atoms with Crippen LogP contribution >= 0.6 is 0 Å². The van der Waals surface area contributed by atoms with Gasteiger partial charge in [-0.05, 0) is 103 Å². The number of carbonyl (C=O) groups excluding carboxylic acids is 2. The number of nitrogens with zero attached hydrogens (tertiary/aromatic N) is 1. The van der Waals surface area contributed by atoms with Crippen molar-refractivity contribution in [2.75, 3.05) is 11.9 Å². The van der Waals surface area contributed by atoms with Gasteiger partial charge in [0, 0.05) is 35.7 Å². The maximum Gasteiger partial charge on any atom is 0.308 e. The lowest BCUT2D eigenvalue weighted by atomic mass is 9.76. The fourth-order valence-corrected chi connectivity index (χ4v) is 6.63. The first-order valence-electron chi connectivity index (χ1n) is 17.9. The number of rotatable bonds is 9. The number of oxime groups is 1. The average Bonchev–Trinajstić information content (AvgIpc) is 3.08. The van der Waals surface area contributed by atoms with Crippen molar-refractivity contribution in [3.63, 3.8) is 0 Å². The van der Waals surface area contributed by atoms with E-state index in [2.05, 4.69) is 10.5 Å². The molecule has 5 rings (SSSR count). The van der Waals surface area contributed by atoms with Gasteiger partial charge in [0.2, 0.25) is 0 Å². The van der Waals surface area contributed by atoms with Crippen molar-refractivity contribution in [3.05, 3.63) is 111 Å². The van der Waals surface area contributed by atoms with Crippen molar-refractivity contribution in [1.29, 1.82) is 0 Å². The summed E-state index contributed by atoms with van der Waals surface area (Å²) in [6, 6.07) is 20.4. The molecule has 0 bridgehead atoms. The maximum atomic E-state index is 13.9. The van der Waals surface area contributed by atoms with E-state index < -0.39 is 11.6 Å². The highest BCUT2D eigenvalue weighted by atomic mass is 16.6. The van der Waals surface area contributed by atoms with Gasteiger partial charge in [0.15, 0.2) is 0 Å². The zero-order valence-corrected chi connectivity index (χ0v) is 32.8.